The number of ether oxygens (including phenoxy) is 1. The molecule has 0 bridgehead atoms. The second-order valence-corrected chi connectivity index (χ2v) is 7.44. The van der Waals surface area contributed by atoms with E-state index in [-0.39, 0.29) is 21.3 Å². The topological polar surface area (TPSA) is 106 Å². The molecule has 0 saturated heterocycles. The molecule has 4 N–H and O–H groups in total. The second kappa shape index (κ2) is 8.10. The van der Waals surface area contributed by atoms with Crippen molar-refractivity contribution in [3.8, 4) is 10.6 Å². The zero-order chi connectivity index (χ0) is 20.4. The molecule has 4 rings (SSSR count). The molecule has 3 aromatic rings. The number of carbonyl (C=O) groups excluding carboxylic acids is 1. The van der Waals surface area contributed by atoms with Crippen LogP contribution in [0, 0.1) is 11.6 Å². The van der Waals surface area contributed by atoms with Crippen LogP contribution in [0.4, 0.5) is 19.5 Å². The molecule has 0 atom stereocenters. The van der Waals surface area contributed by atoms with Crippen molar-refractivity contribution >= 4 is 27.9 Å². The minimum absolute atomic E-state index is 0.00280. The maximum Gasteiger partial charge on any atom is 0.277 e. The highest BCUT2D eigenvalue weighted by Gasteiger charge is 2.22. The molecule has 0 saturated carbocycles. The van der Waals surface area contributed by atoms with Crippen LogP contribution < -0.4 is 11.1 Å². The van der Waals surface area contributed by atoms with Crippen LogP contribution >= 0.6 is 11.3 Å². The van der Waals surface area contributed by atoms with E-state index in [4.69, 9.17) is 10.5 Å². The molecule has 0 radical (unpaired) electrons. The van der Waals surface area contributed by atoms with E-state index in [1.807, 2.05) is 6.08 Å². The molecular formula is C19H17F2N5O2S. The highest BCUT2D eigenvalue weighted by Crippen LogP contribution is 2.33. The number of thiazole rings is 1. The highest BCUT2D eigenvalue weighted by atomic mass is 32.1. The number of rotatable bonds is 5. The Morgan fingerprint density at radius 2 is 2.14 bits per heavy atom. The molecule has 0 fully saturated rings. The fourth-order valence-electron chi connectivity index (χ4n) is 2.99. The van der Waals surface area contributed by atoms with E-state index in [2.05, 4.69) is 20.5 Å². The standard InChI is InChI=1S/C19H17F2N5O2S/c20-11-2-1-3-12(21)15(11)19-25-16(17(22)29-19)18(27)24-14-9-23-26-13(14)8-10-4-6-28-7-5-10/h1-4,9H,5-8,22H2,(H,23,26)(H,24,27). The lowest BCUT2D eigenvalue weighted by molar-refractivity contribution is 0.102. The molecule has 3 heterocycles. The second-order valence-electron chi connectivity index (χ2n) is 6.41. The van der Waals surface area contributed by atoms with E-state index in [0.29, 0.717) is 25.3 Å². The summed E-state index contributed by atoms with van der Waals surface area (Å²) in [6, 6.07) is 3.50. The van der Waals surface area contributed by atoms with Crippen molar-refractivity contribution in [2.24, 2.45) is 0 Å². The third kappa shape index (κ3) is 4.03. The fourth-order valence-corrected chi connectivity index (χ4v) is 3.87. The molecular weight excluding hydrogens is 400 g/mol. The summed E-state index contributed by atoms with van der Waals surface area (Å²) in [4.78, 5) is 16.8. The third-order valence-corrected chi connectivity index (χ3v) is 5.37. The van der Waals surface area contributed by atoms with Gasteiger partial charge in [0.2, 0.25) is 0 Å². The van der Waals surface area contributed by atoms with Gasteiger partial charge in [0.1, 0.15) is 21.6 Å². The van der Waals surface area contributed by atoms with Crippen molar-refractivity contribution in [1.82, 2.24) is 15.2 Å². The van der Waals surface area contributed by atoms with Crippen LogP contribution in [0.25, 0.3) is 10.6 Å². The first kappa shape index (κ1) is 19.2. The maximum absolute atomic E-state index is 14.0. The molecule has 1 aliphatic heterocycles. The lowest BCUT2D eigenvalue weighted by Gasteiger charge is -2.13. The number of halogens is 2. The van der Waals surface area contributed by atoms with Crippen molar-refractivity contribution in [3.63, 3.8) is 0 Å². The Hall–Kier alpha value is -3.11. The van der Waals surface area contributed by atoms with Crippen molar-refractivity contribution in [2.45, 2.75) is 12.8 Å². The maximum atomic E-state index is 14.0. The summed E-state index contributed by atoms with van der Waals surface area (Å²) in [5.74, 6) is -2.12. The van der Waals surface area contributed by atoms with E-state index in [0.717, 1.165) is 35.6 Å². The quantitative estimate of drug-likeness (QED) is 0.551. The van der Waals surface area contributed by atoms with Gasteiger partial charge in [0.05, 0.1) is 36.4 Å². The van der Waals surface area contributed by atoms with Gasteiger partial charge in [-0.05, 0) is 18.6 Å². The molecule has 29 heavy (non-hydrogen) atoms. The SMILES string of the molecule is Nc1sc(-c2c(F)cccc2F)nc1C(=O)Nc1cn[nH]c1CC1=CCOCC1. The molecule has 0 unspecified atom stereocenters. The van der Waals surface area contributed by atoms with Crippen molar-refractivity contribution < 1.29 is 18.3 Å². The van der Waals surface area contributed by atoms with Gasteiger partial charge in [-0.15, -0.1) is 0 Å². The summed E-state index contributed by atoms with van der Waals surface area (Å²) in [6.07, 6.45) is 4.90. The molecule has 7 nitrogen and oxygen atoms in total. The Balaban J connectivity index is 1.55. The number of nitrogens with two attached hydrogens (primary N) is 1. The van der Waals surface area contributed by atoms with Crippen LogP contribution in [0.15, 0.2) is 36.0 Å². The number of benzene rings is 1. The predicted octanol–water partition coefficient (Wildman–Crippen LogP) is 3.54. The zero-order valence-electron chi connectivity index (χ0n) is 15.2. The molecule has 1 aromatic carbocycles. The zero-order valence-corrected chi connectivity index (χ0v) is 16.0. The van der Waals surface area contributed by atoms with E-state index in [1.54, 1.807) is 0 Å². The van der Waals surface area contributed by atoms with Gasteiger partial charge in [0.25, 0.3) is 5.91 Å². The number of nitrogen functional groups attached to an aromatic ring is 1. The lowest BCUT2D eigenvalue weighted by Crippen LogP contribution is -2.15. The van der Waals surface area contributed by atoms with E-state index >= 15 is 0 Å². The first-order chi connectivity index (χ1) is 14.0. The number of aromatic amines is 1. The monoisotopic (exact) mass is 417 g/mol. The number of hydrogen-bond donors (Lipinski definition) is 3. The number of nitrogens with one attached hydrogen (secondary N) is 2. The molecule has 10 heteroatoms. The van der Waals surface area contributed by atoms with Crippen LogP contribution in [0.2, 0.25) is 0 Å². The summed E-state index contributed by atoms with van der Waals surface area (Å²) in [6.45, 7) is 1.22. The molecule has 2 aromatic heterocycles. The molecule has 0 spiro atoms. The number of amides is 1. The lowest BCUT2D eigenvalue weighted by atomic mass is 10.1. The van der Waals surface area contributed by atoms with Crippen molar-refractivity contribution in [2.75, 3.05) is 24.3 Å². The summed E-state index contributed by atoms with van der Waals surface area (Å²) in [7, 11) is 0. The average Bonchev–Trinajstić information content (AvgIpc) is 3.29. The van der Waals surface area contributed by atoms with E-state index in [9.17, 15) is 13.6 Å². The number of nitrogens with zero attached hydrogens (tertiary/aromatic N) is 2. The molecule has 1 amide bonds. The normalized spacial score (nSPS) is 13.9. The van der Waals surface area contributed by atoms with Crippen LogP contribution in [0.5, 0.6) is 0 Å². The fraction of sp³-hybridized carbons (Fsp3) is 0.211. The van der Waals surface area contributed by atoms with Gasteiger partial charge >= 0.3 is 0 Å². The first-order valence-corrected chi connectivity index (χ1v) is 9.64. The average molecular weight is 417 g/mol. The van der Waals surface area contributed by atoms with Gasteiger partial charge in [-0.3, -0.25) is 9.89 Å². The minimum Gasteiger partial charge on any atom is -0.389 e. The first-order valence-electron chi connectivity index (χ1n) is 8.83. The summed E-state index contributed by atoms with van der Waals surface area (Å²) in [5.41, 5.74) is 7.91. The van der Waals surface area contributed by atoms with Gasteiger partial charge in [0, 0.05) is 6.42 Å². The molecule has 0 aliphatic carbocycles. The predicted molar refractivity (Wildman–Crippen MR) is 106 cm³/mol. The van der Waals surface area contributed by atoms with Gasteiger partial charge in [-0.2, -0.15) is 5.10 Å². The smallest absolute Gasteiger partial charge is 0.277 e. The summed E-state index contributed by atoms with van der Waals surface area (Å²) in [5, 5.41) is 9.65. The number of hydrogen-bond acceptors (Lipinski definition) is 6. The van der Waals surface area contributed by atoms with Gasteiger partial charge in [-0.25, -0.2) is 13.8 Å². The Morgan fingerprint density at radius 3 is 2.86 bits per heavy atom. The van der Waals surface area contributed by atoms with Crippen LogP contribution in [0.1, 0.15) is 22.6 Å². The Labute approximate surface area is 168 Å². The van der Waals surface area contributed by atoms with Gasteiger partial charge in [0.15, 0.2) is 5.69 Å². The largest absolute Gasteiger partial charge is 0.389 e. The van der Waals surface area contributed by atoms with Crippen molar-refractivity contribution in [3.05, 3.63) is 59.1 Å². The van der Waals surface area contributed by atoms with E-state index in [1.165, 1.54) is 17.8 Å². The van der Waals surface area contributed by atoms with Crippen LogP contribution in [-0.2, 0) is 11.2 Å². The summed E-state index contributed by atoms with van der Waals surface area (Å²) < 4.78 is 33.3. The molecule has 150 valence electrons. The van der Waals surface area contributed by atoms with Gasteiger partial charge < -0.3 is 15.8 Å². The number of anilines is 2. The minimum atomic E-state index is -0.771. The number of carbonyl (C=O) groups is 1. The van der Waals surface area contributed by atoms with E-state index < -0.39 is 17.5 Å². The van der Waals surface area contributed by atoms with Crippen molar-refractivity contribution in [1.29, 1.82) is 0 Å². The van der Waals surface area contributed by atoms with Crippen LogP contribution in [0.3, 0.4) is 0 Å². The number of aromatic nitrogens is 3. The molecule has 1 aliphatic rings. The third-order valence-electron chi connectivity index (χ3n) is 4.47. The highest BCUT2D eigenvalue weighted by molar-refractivity contribution is 7.19. The Kier molecular flexibility index (Phi) is 5.36. The summed E-state index contributed by atoms with van der Waals surface area (Å²) >= 11 is 0.849. The Morgan fingerprint density at radius 1 is 1.34 bits per heavy atom. The Bertz CT molecular complexity index is 1070. The van der Waals surface area contributed by atoms with Gasteiger partial charge in [-0.1, -0.05) is 29.1 Å². The number of H-pyrrole nitrogens is 1. The van der Waals surface area contributed by atoms with Crippen LogP contribution in [-0.4, -0.2) is 34.3 Å².